The highest BCUT2D eigenvalue weighted by Crippen LogP contribution is 2.38. The van der Waals surface area contributed by atoms with E-state index in [-0.39, 0.29) is 24.4 Å². The lowest BCUT2D eigenvalue weighted by molar-refractivity contribution is -0.115. The van der Waals surface area contributed by atoms with Crippen molar-refractivity contribution in [3.8, 4) is 17.6 Å². The van der Waals surface area contributed by atoms with Crippen LogP contribution in [0, 0.1) is 17.2 Å². The van der Waals surface area contributed by atoms with Gasteiger partial charge in [-0.15, -0.1) is 11.3 Å². The van der Waals surface area contributed by atoms with Crippen molar-refractivity contribution in [1.29, 1.82) is 5.26 Å². The molecule has 2 heterocycles. The number of thiophene rings is 1. The highest BCUT2D eigenvalue weighted by Gasteiger charge is 2.24. The van der Waals surface area contributed by atoms with Crippen LogP contribution in [-0.4, -0.2) is 25.7 Å². The summed E-state index contributed by atoms with van der Waals surface area (Å²) in [5, 5.41) is 16.5. The summed E-state index contributed by atoms with van der Waals surface area (Å²) >= 11 is 1.54. The molecule has 7 heteroatoms. The maximum absolute atomic E-state index is 12.6. The number of benzene rings is 1. The molecular weight excluding hydrogens is 386 g/mol. The molecule has 1 aromatic carbocycles. The van der Waals surface area contributed by atoms with Gasteiger partial charge >= 0.3 is 0 Å². The van der Waals surface area contributed by atoms with Gasteiger partial charge in [0, 0.05) is 10.9 Å². The van der Waals surface area contributed by atoms with Crippen LogP contribution in [0.5, 0.6) is 11.5 Å². The van der Waals surface area contributed by atoms with Crippen LogP contribution < -0.4 is 20.1 Å². The summed E-state index contributed by atoms with van der Waals surface area (Å²) in [7, 11) is 0. The Morgan fingerprint density at radius 1 is 1.24 bits per heavy atom. The number of carbonyl (C=O) groups is 1. The molecule has 4 rings (SSSR count). The lowest BCUT2D eigenvalue weighted by Crippen LogP contribution is -2.33. The van der Waals surface area contributed by atoms with E-state index in [1.807, 2.05) is 18.2 Å². The Bertz CT molecular complexity index is 961. The van der Waals surface area contributed by atoms with Crippen molar-refractivity contribution in [3.63, 3.8) is 0 Å². The van der Waals surface area contributed by atoms with Gasteiger partial charge in [0.15, 0.2) is 11.5 Å². The Hall–Kier alpha value is -2.56. The van der Waals surface area contributed by atoms with E-state index < -0.39 is 0 Å². The number of nitrogens with zero attached hydrogens (tertiary/aromatic N) is 1. The number of carbonyl (C=O) groups excluding carboxylic acids is 1. The number of hydrogen-bond donors (Lipinski definition) is 2. The Labute approximate surface area is 174 Å². The molecule has 152 valence electrons. The van der Waals surface area contributed by atoms with Gasteiger partial charge in [-0.1, -0.05) is 19.9 Å². The van der Waals surface area contributed by atoms with Gasteiger partial charge in [0.05, 0.1) is 12.1 Å². The minimum absolute atomic E-state index is 0.000329. The first-order chi connectivity index (χ1) is 14.1. The number of amides is 1. The second kappa shape index (κ2) is 8.44. The number of anilines is 1. The fraction of sp³-hybridized carbons (Fsp3) is 0.455. The summed E-state index contributed by atoms with van der Waals surface area (Å²) in [6, 6.07) is 8.20. The monoisotopic (exact) mass is 411 g/mol. The van der Waals surface area contributed by atoms with Crippen molar-refractivity contribution in [2.75, 3.05) is 25.1 Å². The fourth-order valence-corrected chi connectivity index (χ4v) is 5.23. The Balaban J connectivity index is 1.43. The molecule has 0 fully saturated rings. The quantitative estimate of drug-likeness (QED) is 0.755. The van der Waals surface area contributed by atoms with Gasteiger partial charge in [-0.2, -0.15) is 5.26 Å². The van der Waals surface area contributed by atoms with Crippen LogP contribution in [0.4, 0.5) is 5.00 Å². The molecule has 1 aromatic heterocycles. The van der Waals surface area contributed by atoms with Gasteiger partial charge in [-0.25, -0.2) is 0 Å². The van der Waals surface area contributed by atoms with Crippen molar-refractivity contribution in [1.82, 2.24) is 5.32 Å². The lowest BCUT2D eigenvalue weighted by Gasteiger charge is -2.25. The van der Waals surface area contributed by atoms with Crippen molar-refractivity contribution in [3.05, 3.63) is 39.8 Å². The first kappa shape index (κ1) is 19.7. The molecule has 1 aliphatic heterocycles. The zero-order chi connectivity index (χ0) is 20.4. The first-order valence-corrected chi connectivity index (χ1v) is 10.9. The third-order valence-corrected chi connectivity index (χ3v) is 6.57. The number of hydrogen-bond acceptors (Lipinski definition) is 6. The second-order valence-corrected chi connectivity index (χ2v) is 8.83. The molecule has 2 aliphatic rings. The number of nitrogens with one attached hydrogen (secondary N) is 2. The van der Waals surface area contributed by atoms with Gasteiger partial charge in [-0.05, 0) is 48.4 Å². The van der Waals surface area contributed by atoms with Gasteiger partial charge in [0.1, 0.15) is 24.3 Å². The Kier molecular flexibility index (Phi) is 5.74. The summed E-state index contributed by atoms with van der Waals surface area (Å²) in [5.74, 6) is 1.66. The smallest absolute Gasteiger partial charge is 0.238 e. The minimum Gasteiger partial charge on any atom is -0.486 e. The van der Waals surface area contributed by atoms with Gasteiger partial charge in [0.25, 0.3) is 0 Å². The molecule has 29 heavy (non-hydrogen) atoms. The van der Waals surface area contributed by atoms with E-state index in [1.165, 1.54) is 4.88 Å². The number of fused-ring (bicyclic) bond motifs is 2. The average molecular weight is 412 g/mol. The molecular formula is C22H25N3O3S. The van der Waals surface area contributed by atoms with E-state index in [9.17, 15) is 10.1 Å². The normalized spacial score (nSPS) is 15.7. The third kappa shape index (κ3) is 4.09. The molecule has 0 unspecified atom stereocenters. The minimum atomic E-state index is -0.135. The van der Waals surface area contributed by atoms with Crippen LogP contribution >= 0.6 is 11.3 Å². The van der Waals surface area contributed by atoms with Gasteiger partial charge in [0.2, 0.25) is 5.91 Å². The molecule has 0 spiro atoms. The van der Waals surface area contributed by atoms with Gasteiger partial charge < -0.3 is 20.1 Å². The highest BCUT2D eigenvalue weighted by molar-refractivity contribution is 7.16. The van der Waals surface area contributed by atoms with Crippen LogP contribution in [0.15, 0.2) is 18.2 Å². The SMILES string of the molecule is CC(C)[C@@H](NCC(=O)Nc1sc2c(c1C#N)CCC2)c1ccc2c(c1)OCCO2. The molecule has 2 N–H and O–H groups in total. The van der Waals surface area contributed by atoms with Crippen LogP contribution in [0.3, 0.4) is 0 Å². The zero-order valence-corrected chi connectivity index (χ0v) is 17.5. The summed E-state index contributed by atoms with van der Waals surface area (Å²) in [6.07, 6.45) is 3.03. The van der Waals surface area contributed by atoms with Crippen molar-refractivity contribution in [2.45, 2.75) is 39.2 Å². The fourth-order valence-electron chi connectivity index (χ4n) is 3.98. The van der Waals surface area contributed by atoms with E-state index in [1.54, 1.807) is 11.3 Å². The van der Waals surface area contributed by atoms with Gasteiger partial charge in [-0.3, -0.25) is 4.79 Å². The van der Waals surface area contributed by atoms with Crippen LogP contribution in [0.1, 0.15) is 47.9 Å². The predicted octanol–water partition coefficient (Wildman–Crippen LogP) is 3.81. The van der Waals surface area contributed by atoms with Crippen molar-refractivity contribution < 1.29 is 14.3 Å². The molecule has 1 aliphatic carbocycles. The lowest BCUT2D eigenvalue weighted by atomic mass is 9.95. The van der Waals surface area contributed by atoms with E-state index >= 15 is 0 Å². The summed E-state index contributed by atoms with van der Waals surface area (Å²) in [6.45, 7) is 5.51. The Morgan fingerprint density at radius 3 is 2.79 bits per heavy atom. The molecule has 0 bridgehead atoms. The van der Waals surface area contributed by atoms with Crippen molar-refractivity contribution >= 4 is 22.2 Å². The first-order valence-electron chi connectivity index (χ1n) is 10.0. The molecule has 1 atom stereocenters. The third-order valence-electron chi connectivity index (χ3n) is 5.36. The van der Waals surface area contributed by atoms with Crippen LogP contribution in [-0.2, 0) is 17.6 Å². The van der Waals surface area contributed by atoms with E-state index in [2.05, 4.69) is 30.6 Å². The molecule has 0 saturated carbocycles. The van der Waals surface area contributed by atoms with Crippen LogP contribution in [0.25, 0.3) is 0 Å². The second-order valence-electron chi connectivity index (χ2n) is 7.73. The number of nitriles is 1. The van der Waals surface area contributed by atoms with Crippen molar-refractivity contribution in [2.24, 2.45) is 5.92 Å². The molecule has 2 aromatic rings. The number of aryl methyl sites for hydroxylation is 1. The summed E-state index contributed by atoms with van der Waals surface area (Å²) in [4.78, 5) is 13.8. The van der Waals surface area contributed by atoms with E-state index in [4.69, 9.17) is 9.47 Å². The summed E-state index contributed by atoms with van der Waals surface area (Å²) in [5.41, 5.74) is 2.82. The number of rotatable bonds is 6. The van der Waals surface area contributed by atoms with E-state index in [0.29, 0.717) is 23.8 Å². The zero-order valence-electron chi connectivity index (χ0n) is 16.7. The maximum Gasteiger partial charge on any atom is 0.238 e. The Morgan fingerprint density at radius 2 is 2.03 bits per heavy atom. The van der Waals surface area contributed by atoms with E-state index in [0.717, 1.165) is 41.9 Å². The standard InChI is InChI=1S/C22H25N3O3S/c1-13(2)21(14-6-7-17-18(10-14)28-9-8-27-17)24-12-20(26)25-22-16(11-23)15-4-3-5-19(15)29-22/h6-7,10,13,21,24H,3-5,8-9,12H2,1-2H3,(H,25,26)/t21-/m1/s1. The molecule has 1 amide bonds. The number of ether oxygens (including phenoxy) is 2. The molecule has 6 nitrogen and oxygen atoms in total. The molecule has 0 saturated heterocycles. The maximum atomic E-state index is 12.6. The topological polar surface area (TPSA) is 83.4 Å². The average Bonchev–Trinajstić information content (AvgIpc) is 3.28. The predicted molar refractivity (Wildman–Crippen MR) is 113 cm³/mol. The molecule has 0 radical (unpaired) electrons. The van der Waals surface area contributed by atoms with Crippen LogP contribution in [0.2, 0.25) is 0 Å². The summed E-state index contributed by atoms with van der Waals surface area (Å²) < 4.78 is 11.3. The highest BCUT2D eigenvalue weighted by atomic mass is 32.1. The largest absolute Gasteiger partial charge is 0.486 e.